The average molecular weight is 384 g/mol. The monoisotopic (exact) mass is 384 g/mol. The summed E-state index contributed by atoms with van der Waals surface area (Å²) in [5.74, 6) is 0.827. The summed E-state index contributed by atoms with van der Waals surface area (Å²) in [6, 6.07) is 14.7. The molecule has 2 aromatic carbocycles. The van der Waals surface area contributed by atoms with Crippen LogP contribution in [0.2, 0.25) is 0 Å². The quantitative estimate of drug-likeness (QED) is 0.858. The van der Waals surface area contributed by atoms with Crippen molar-refractivity contribution in [3.63, 3.8) is 0 Å². The van der Waals surface area contributed by atoms with E-state index in [1.54, 1.807) is 30.2 Å². The van der Waals surface area contributed by atoms with E-state index < -0.39 is 5.60 Å². The lowest BCUT2D eigenvalue weighted by atomic mass is 9.79. The number of benzene rings is 2. The van der Waals surface area contributed by atoms with Crippen molar-refractivity contribution in [2.75, 3.05) is 41.4 Å². The number of rotatable bonds is 5. The van der Waals surface area contributed by atoms with Gasteiger partial charge >= 0.3 is 0 Å². The van der Waals surface area contributed by atoms with Gasteiger partial charge in [-0.25, -0.2) is 0 Å². The molecule has 1 fully saturated rings. The van der Waals surface area contributed by atoms with Gasteiger partial charge in [-0.1, -0.05) is 36.4 Å². The molecular formula is C22H28N2O4. The maximum absolute atomic E-state index is 13.3. The summed E-state index contributed by atoms with van der Waals surface area (Å²) in [7, 11) is 6.94. The molecule has 0 radical (unpaired) electrons. The largest absolute Gasteiger partial charge is 0.493 e. The minimum absolute atomic E-state index is 0.127. The van der Waals surface area contributed by atoms with Crippen LogP contribution in [0.1, 0.15) is 22.3 Å². The Kier molecular flexibility index (Phi) is 5.91. The fraction of sp³-hybridized carbons (Fsp3) is 0.409. The van der Waals surface area contributed by atoms with Crippen LogP contribution in [0.15, 0.2) is 48.5 Å². The molecule has 0 aromatic heterocycles. The number of likely N-dealkylation sites (N-methyl/N-ethyl adjacent to an activating group) is 1. The Morgan fingerprint density at radius 2 is 1.82 bits per heavy atom. The highest BCUT2D eigenvalue weighted by Crippen LogP contribution is 2.37. The number of para-hydroxylation sites is 1. The van der Waals surface area contributed by atoms with Crippen molar-refractivity contribution in [3.05, 3.63) is 59.7 Å². The van der Waals surface area contributed by atoms with Crippen LogP contribution in [0, 0.1) is 0 Å². The number of likely N-dealkylation sites (tertiary alicyclic amines) is 1. The fourth-order valence-electron chi connectivity index (χ4n) is 3.99. The van der Waals surface area contributed by atoms with Crippen molar-refractivity contribution >= 4 is 5.91 Å². The Balaban J connectivity index is 1.90. The Morgan fingerprint density at radius 1 is 1.11 bits per heavy atom. The third kappa shape index (κ3) is 3.57. The maximum atomic E-state index is 13.3. The van der Waals surface area contributed by atoms with Crippen LogP contribution >= 0.6 is 0 Å². The Labute approximate surface area is 166 Å². The Bertz CT molecular complexity index is 825. The van der Waals surface area contributed by atoms with Gasteiger partial charge < -0.3 is 24.4 Å². The SMILES string of the molecule is COc1cccc(C(=O)N2CC[C@](O)(c3ccccc3)[C@H](N(C)C)C2)c1OC. The second kappa shape index (κ2) is 8.20. The molecule has 150 valence electrons. The van der Waals surface area contributed by atoms with E-state index in [1.165, 1.54) is 7.11 Å². The molecule has 2 atom stereocenters. The molecule has 1 heterocycles. The summed E-state index contributed by atoms with van der Waals surface area (Å²) in [4.78, 5) is 17.0. The average Bonchev–Trinajstić information content (AvgIpc) is 2.73. The third-order valence-corrected chi connectivity index (χ3v) is 5.53. The molecule has 1 N–H and O–H groups in total. The first-order valence-corrected chi connectivity index (χ1v) is 9.37. The topological polar surface area (TPSA) is 62.2 Å². The maximum Gasteiger partial charge on any atom is 0.257 e. The van der Waals surface area contributed by atoms with Crippen molar-refractivity contribution < 1.29 is 19.4 Å². The minimum atomic E-state index is -1.01. The van der Waals surface area contributed by atoms with Crippen molar-refractivity contribution in [1.29, 1.82) is 0 Å². The molecule has 6 nitrogen and oxygen atoms in total. The number of amides is 1. The first kappa shape index (κ1) is 20.2. The highest BCUT2D eigenvalue weighted by atomic mass is 16.5. The third-order valence-electron chi connectivity index (χ3n) is 5.53. The van der Waals surface area contributed by atoms with E-state index in [9.17, 15) is 9.90 Å². The molecule has 3 rings (SSSR count). The van der Waals surface area contributed by atoms with Gasteiger partial charge in [-0.15, -0.1) is 0 Å². The molecule has 1 aliphatic rings. The van der Waals surface area contributed by atoms with E-state index in [-0.39, 0.29) is 11.9 Å². The van der Waals surface area contributed by atoms with Gasteiger partial charge in [-0.3, -0.25) is 4.79 Å². The molecule has 1 aliphatic heterocycles. The van der Waals surface area contributed by atoms with E-state index in [0.717, 1.165) is 5.56 Å². The molecule has 0 saturated carbocycles. The summed E-state index contributed by atoms with van der Waals surface area (Å²) >= 11 is 0. The number of hydrogen-bond donors (Lipinski definition) is 1. The van der Waals surface area contributed by atoms with Gasteiger partial charge in [0, 0.05) is 13.1 Å². The van der Waals surface area contributed by atoms with Crippen LogP contribution in [-0.4, -0.2) is 68.3 Å². The zero-order valence-electron chi connectivity index (χ0n) is 16.9. The predicted molar refractivity (Wildman–Crippen MR) is 108 cm³/mol. The van der Waals surface area contributed by atoms with E-state index in [2.05, 4.69) is 0 Å². The van der Waals surface area contributed by atoms with Gasteiger partial charge in [0.15, 0.2) is 11.5 Å². The van der Waals surface area contributed by atoms with E-state index in [4.69, 9.17) is 9.47 Å². The van der Waals surface area contributed by atoms with Crippen LogP contribution in [0.5, 0.6) is 11.5 Å². The fourth-order valence-corrected chi connectivity index (χ4v) is 3.99. The van der Waals surface area contributed by atoms with Crippen molar-refractivity contribution in [2.24, 2.45) is 0 Å². The molecule has 2 aromatic rings. The van der Waals surface area contributed by atoms with Gasteiger partial charge in [0.1, 0.15) is 5.60 Å². The number of carbonyl (C=O) groups is 1. The van der Waals surface area contributed by atoms with E-state index >= 15 is 0 Å². The van der Waals surface area contributed by atoms with Crippen molar-refractivity contribution in [2.45, 2.75) is 18.1 Å². The lowest BCUT2D eigenvalue weighted by Crippen LogP contribution is -2.60. The normalized spacial score (nSPS) is 22.2. The molecule has 6 heteroatoms. The molecular weight excluding hydrogens is 356 g/mol. The summed E-state index contributed by atoms with van der Waals surface area (Å²) in [5, 5.41) is 11.5. The lowest BCUT2D eigenvalue weighted by molar-refractivity contribution is -0.0810. The van der Waals surface area contributed by atoms with Crippen molar-refractivity contribution in [3.8, 4) is 11.5 Å². The number of hydrogen-bond acceptors (Lipinski definition) is 5. The summed E-state index contributed by atoms with van der Waals surface area (Å²) < 4.78 is 10.8. The minimum Gasteiger partial charge on any atom is -0.493 e. The second-order valence-electron chi connectivity index (χ2n) is 7.31. The van der Waals surface area contributed by atoms with Crippen LogP contribution in [0.3, 0.4) is 0 Å². The lowest BCUT2D eigenvalue weighted by Gasteiger charge is -2.47. The zero-order chi connectivity index (χ0) is 20.3. The van der Waals surface area contributed by atoms with Gasteiger partial charge in [0.2, 0.25) is 0 Å². The molecule has 0 unspecified atom stereocenters. The van der Waals surface area contributed by atoms with Gasteiger partial charge in [0.05, 0.1) is 25.8 Å². The summed E-state index contributed by atoms with van der Waals surface area (Å²) in [6.45, 7) is 0.868. The first-order valence-electron chi connectivity index (χ1n) is 9.37. The van der Waals surface area contributed by atoms with E-state index in [1.807, 2.05) is 49.3 Å². The summed E-state index contributed by atoms with van der Waals surface area (Å²) in [5.41, 5.74) is 0.323. The molecule has 1 saturated heterocycles. The number of nitrogens with zero attached hydrogens (tertiary/aromatic N) is 2. The van der Waals surface area contributed by atoms with Gasteiger partial charge in [-0.05, 0) is 38.2 Å². The number of ether oxygens (including phenoxy) is 2. The molecule has 0 aliphatic carbocycles. The van der Waals surface area contributed by atoms with Crippen LogP contribution in [-0.2, 0) is 5.60 Å². The van der Waals surface area contributed by atoms with Crippen molar-refractivity contribution in [1.82, 2.24) is 9.80 Å². The molecule has 0 spiro atoms. The molecule has 0 bridgehead atoms. The van der Waals surface area contributed by atoms with Crippen LogP contribution in [0.4, 0.5) is 0 Å². The second-order valence-corrected chi connectivity index (χ2v) is 7.31. The standard InChI is InChI=1S/C22H28N2O4/c1-23(2)19-15-24(14-13-22(19,26)16-9-6-5-7-10-16)21(25)17-11-8-12-18(27-3)20(17)28-4/h5-12,19,26H,13-15H2,1-4H3/t19-,22+/m1/s1. The number of aliphatic hydroxyl groups is 1. The smallest absolute Gasteiger partial charge is 0.257 e. The van der Waals surface area contributed by atoms with Crippen LogP contribution in [0.25, 0.3) is 0 Å². The Morgan fingerprint density at radius 3 is 2.43 bits per heavy atom. The van der Waals surface area contributed by atoms with Gasteiger partial charge in [-0.2, -0.15) is 0 Å². The number of methoxy groups -OCH3 is 2. The highest BCUT2D eigenvalue weighted by Gasteiger charge is 2.45. The number of carbonyl (C=O) groups excluding carboxylic acids is 1. The Hall–Kier alpha value is -2.57. The molecule has 28 heavy (non-hydrogen) atoms. The zero-order valence-corrected chi connectivity index (χ0v) is 16.9. The summed E-state index contributed by atoms with van der Waals surface area (Å²) in [6.07, 6.45) is 0.456. The molecule has 1 amide bonds. The highest BCUT2D eigenvalue weighted by molar-refractivity contribution is 5.98. The first-order chi connectivity index (χ1) is 13.4. The predicted octanol–water partition coefficient (Wildman–Crippen LogP) is 2.37. The van der Waals surface area contributed by atoms with E-state index in [0.29, 0.717) is 36.6 Å². The van der Waals surface area contributed by atoms with Crippen LogP contribution < -0.4 is 9.47 Å². The van der Waals surface area contributed by atoms with Gasteiger partial charge in [0.25, 0.3) is 5.91 Å². The number of piperidine rings is 1.